The van der Waals surface area contributed by atoms with E-state index in [2.05, 4.69) is 6.07 Å². The molecule has 1 aliphatic rings. The fourth-order valence-corrected chi connectivity index (χ4v) is 5.25. The molecule has 0 fully saturated rings. The smallest absolute Gasteiger partial charge is 0.128 e. The topological polar surface area (TPSA) is 22.1 Å². The minimum Gasteiger partial charge on any atom is -0.457 e. The van der Waals surface area contributed by atoms with Gasteiger partial charge in [0.2, 0.25) is 0 Å². The lowest BCUT2D eigenvalue weighted by molar-refractivity contribution is 0.483. The Morgan fingerprint density at radius 3 is 2.60 bits per heavy atom. The van der Waals surface area contributed by atoms with Crippen molar-refractivity contribution in [2.75, 3.05) is 5.75 Å². The van der Waals surface area contributed by atoms with Crippen LogP contribution >= 0.6 is 35.0 Å². The van der Waals surface area contributed by atoms with Gasteiger partial charge in [-0.1, -0.05) is 53.5 Å². The molecule has 148 valence electrons. The Morgan fingerprint density at radius 1 is 0.900 bits per heavy atom. The van der Waals surface area contributed by atoms with Crippen molar-refractivity contribution >= 4 is 58.0 Å². The normalized spacial score (nSPS) is 13.1. The number of ether oxygens (including phenoxy) is 1. The van der Waals surface area contributed by atoms with E-state index in [0.29, 0.717) is 10.0 Å². The summed E-state index contributed by atoms with van der Waals surface area (Å²) in [5.74, 6) is 2.71. The highest BCUT2D eigenvalue weighted by Crippen LogP contribution is 2.40. The minimum atomic E-state index is 0.631. The van der Waals surface area contributed by atoms with E-state index in [-0.39, 0.29) is 0 Å². The predicted molar refractivity (Wildman–Crippen MR) is 128 cm³/mol. The lowest BCUT2D eigenvalue weighted by Crippen LogP contribution is -1.94. The van der Waals surface area contributed by atoms with E-state index in [1.165, 1.54) is 10.5 Å². The average molecular weight is 450 g/mol. The molecule has 0 saturated heterocycles. The maximum Gasteiger partial charge on any atom is 0.128 e. The van der Waals surface area contributed by atoms with Crippen molar-refractivity contribution in [1.29, 1.82) is 0 Å². The van der Waals surface area contributed by atoms with Crippen LogP contribution in [0.15, 0.2) is 71.6 Å². The van der Waals surface area contributed by atoms with Crippen molar-refractivity contribution in [1.82, 2.24) is 4.98 Å². The number of benzene rings is 3. The lowest BCUT2D eigenvalue weighted by atomic mass is 10.1. The van der Waals surface area contributed by atoms with Crippen LogP contribution in [-0.2, 0) is 6.42 Å². The van der Waals surface area contributed by atoms with Gasteiger partial charge in [-0.2, -0.15) is 0 Å². The van der Waals surface area contributed by atoms with Gasteiger partial charge in [0.05, 0.1) is 11.2 Å². The molecular weight excluding hydrogens is 433 g/mol. The standard InChI is InChI=1S/C25H17Cl2NOS/c26-17-8-6-16(22(27)14-17)7-10-23-20-12-13-30-25(20)21-15-19(9-11-24(21)28-23)29-18-4-2-1-3-5-18/h1-11,14-15H,12-13H2. The van der Waals surface area contributed by atoms with E-state index in [0.717, 1.165) is 45.8 Å². The van der Waals surface area contributed by atoms with Gasteiger partial charge >= 0.3 is 0 Å². The van der Waals surface area contributed by atoms with Crippen LogP contribution in [0.2, 0.25) is 10.0 Å². The summed E-state index contributed by atoms with van der Waals surface area (Å²) in [6.45, 7) is 0. The Kier molecular flexibility index (Phi) is 5.43. The largest absolute Gasteiger partial charge is 0.457 e. The van der Waals surface area contributed by atoms with Gasteiger partial charge in [0.25, 0.3) is 0 Å². The van der Waals surface area contributed by atoms with Gasteiger partial charge < -0.3 is 4.74 Å². The SMILES string of the molecule is Clc1ccc(C=Cc2nc3ccc(Oc4ccccc4)cc3c3c2CCS3)c(Cl)c1. The molecule has 0 aliphatic carbocycles. The van der Waals surface area contributed by atoms with Crippen molar-refractivity contribution in [2.45, 2.75) is 11.3 Å². The Bertz CT molecular complexity index is 1270. The average Bonchev–Trinajstić information content (AvgIpc) is 3.24. The fraction of sp³-hybridized carbons (Fsp3) is 0.0800. The van der Waals surface area contributed by atoms with Gasteiger partial charge in [-0.25, -0.2) is 4.98 Å². The van der Waals surface area contributed by atoms with E-state index < -0.39 is 0 Å². The molecule has 2 nitrogen and oxygen atoms in total. The van der Waals surface area contributed by atoms with Crippen molar-refractivity contribution < 1.29 is 4.74 Å². The van der Waals surface area contributed by atoms with Crippen molar-refractivity contribution in [3.05, 3.63) is 93.6 Å². The maximum absolute atomic E-state index is 6.32. The second-order valence-electron chi connectivity index (χ2n) is 7.00. The van der Waals surface area contributed by atoms with E-state index in [4.69, 9.17) is 32.9 Å². The molecule has 0 atom stereocenters. The number of para-hydroxylation sites is 1. The number of halogens is 2. The zero-order chi connectivity index (χ0) is 20.5. The minimum absolute atomic E-state index is 0.631. The van der Waals surface area contributed by atoms with Crippen LogP contribution in [0.4, 0.5) is 0 Å². The third-order valence-electron chi connectivity index (χ3n) is 5.00. The van der Waals surface area contributed by atoms with Gasteiger partial charge in [-0.3, -0.25) is 0 Å². The summed E-state index contributed by atoms with van der Waals surface area (Å²) < 4.78 is 6.03. The molecule has 5 rings (SSSR count). The molecule has 0 amide bonds. The van der Waals surface area contributed by atoms with Crippen LogP contribution in [0.25, 0.3) is 23.1 Å². The fourth-order valence-electron chi connectivity index (χ4n) is 3.56. The summed E-state index contributed by atoms with van der Waals surface area (Å²) in [5, 5.41) is 2.41. The number of pyridine rings is 1. The van der Waals surface area contributed by atoms with Crippen LogP contribution in [0, 0.1) is 0 Å². The molecule has 1 aliphatic heterocycles. The van der Waals surface area contributed by atoms with Gasteiger partial charge in [0.1, 0.15) is 11.5 Å². The summed E-state index contributed by atoms with van der Waals surface area (Å²) >= 11 is 14.2. The molecule has 0 spiro atoms. The second kappa shape index (κ2) is 8.35. The van der Waals surface area contributed by atoms with Crippen molar-refractivity contribution in [3.8, 4) is 11.5 Å². The second-order valence-corrected chi connectivity index (χ2v) is 8.95. The van der Waals surface area contributed by atoms with Crippen LogP contribution in [0.3, 0.4) is 0 Å². The first kappa shape index (κ1) is 19.5. The number of fused-ring (bicyclic) bond motifs is 3. The van der Waals surface area contributed by atoms with E-state index in [1.807, 2.05) is 78.5 Å². The molecule has 0 bridgehead atoms. The third kappa shape index (κ3) is 3.93. The monoisotopic (exact) mass is 449 g/mol. The highest BCUT2D eigenvalue weighted by atomic mass is 35.5. The molecule has 1 aromatic heterocycles. The van der Waals surface area contributed by atoms with Gasteiger partial charge in [0.15, 0.2) is 0 Å². The van der Waals surface area contributed by atoms with Crippen LogP contribution in [0.1, 0.15) is 16.8 Å². The maximum atomic E-state index is 6.32. The lowest BCUT2D eigenvalue weighted by Gasteiger charge is -2.11. The molecule has 0 N–H and O–H groups in total. The molecule has 3 aromatic carbocycles. The number of hydrogen-bond donors (Lipinski definition) is 0. The molecule has 2 heterocycles. The Hall–Kier alpha value is -2.46. The number of rotatable bonds is 4. The first-order chi connectivity index (χ1) is 14.7. The van der Waals surface area contributed by atoms with Crippen molar-refractivity contribution in [2.24, 2.45) is 0 Å². The first-order valence-electron chi connectivity index (χ1n) is 9.63. The van der Waals surface area contributed by atoms with Gasteiger partial charge in [-0.05, 0) is 66.1 Å². The molecular formula is C25H17Cl2NOS. The van der Waals surface area contributed by atoms with Crippen LogP contribution in [0.5, 0.6) is 11.5 Å². The van der Waals surface area contributed by atoms with Crippen LogP contribution < -0.4 is 4.74 Å². The van der Waals surface area contributed by atoms with E-state index in [1.54, 1.807) is 6.07 Å². The summed E-state index contributed by atoms with van der Waals surface area (Å²) in [7, 11) is 0. The first-order valence-corrected chi connectivity index (χ1v) is 11.4. The molecule has 30 heavy (non-hydrogen) atoms. The zero-order valence-electron chi connectivity index (χ0n) is 15.9. The third-order valence-corrected chi connectivity index (χ3v) is 6.72. The number of aromatic nitrogens is 1. The quantitative estimate of drug-likeness (QED) is 0.313. The molecule has 0 saturated carbocycles. The summed E-state index contributed by atoms with van der Waals surface area (Å²) in [6, 6.07) is 21.4. The summed E-state index contributed by atoms with van der Waals surface area (Å²) in [6.07, 6.45) is 5.05. The summed E-state index contributed by atoms with van der Waals surface area (Å²) in [4.78, 5) is 6.22. The van der Waals surface area contributed by atoms with Gasteiger partial charge in [-0.15, -0.1) is 11.8 Å². The predicted octanol–water partition coefficient (Wildman–Crippen LogP) is 8.15. The summed E-state index contributed by atoms with van der Waals surface area (Å²) in [5.41, 5.74) is 4.16. The van der Waals surface area contributed by atoms with Gasteiger partial charge in [0, 0.05) is 26.1 Å². The highest BCUT2D eigenvalue weighted by molar-refractivity contribution is 7.99. The Balaban J connectivity index is 1.53. The molecule has 4 aromatic rings. The Morgan fingerprint density at radius 2 is 1.77 bits per heavy atom. The number of hydrogen-bond acceptors (Lipinski definition) is 3. The molecule has 0 unspecified atom stereocenters. The highest BCUT2D eigenvalue weighted by Gasteiger charge is 2.20. The molecule has 0 radical (unpaired) electrons. The zero-order valence-corrected chi connectivity index (χ0v) is 18.3. The van der Waals surface area contributed by atoms with Crippen LogP contribution in [-0.4, -0.2) is 10.7 Å². The van der Waals surface area contributed by atoms with Crippen molar-refractivity contribution in [3.63, 3.8) is 0 Å². The van der Waals surface area contributed by atoms with E-state index in [9.17, 15) is 0 Å². The molecule has 5 heteroatoms. The number of nitrogens with zero attached hydrogens (tertiary/aromatic N) is 1. The van der Waals surface area contributed by atoms with E-state index >= 15 is 0 Å². The Labute approximate surface area is 189 Å². The number of thioether (sulfide) groups is 1.